The highest BCUT2D eigenvalue weighted by atomic mass is 16.5. The summed E-state index contributed by atoms with van der Waals surface area (Å²) in [7, 11) is 3.10. The topological polar surface area (TPSA) is 108 Å². The fourth-order valence-corrected chi connectivity index (χ4v) is 3.78. The Hall–Kier alpha value is -3.52. The monoisotopic (exact) mass is 395 g/mol. The Morgan fingerprint density at radius 3 is 2.59 bits per heavy atom. The van der Waals surface area contributed by atoms with Crippen molar-refractivity contribution in [3.63, 3.8) is 0 Å². The zero-order chi connectivity index (χ0) is 20.5. The number of aromatic amines is 1. The zero-order valence-electron chi connectivity index (χ0n) is 16.0. The van der Waals surface area contributed by atoms with Crippen LogP contribution >= 0.6 is 0 Å². The average Bonchev–Trinajstić information content (AvgIpc) is 3.28. The van der Waals surface area contributed by atoms with Crippen molar-refractivity contribution < 1.29 is 24.5 Å². The molecule has 0 radical (unpaired) electrons. The lowest BCUT2D eigenvalue weighted by Gasteiger charge is -2.26. The summed E-state index contributed by atoms with van der Waals surface area (Å²) in [6, 6.07) is 11.8. The molecule has 0 spiro atoms. The number of phenolic OH excluding ortho intramolecular Hbond substituents is 1. The maximum Gasteiger partial charge on any atom is 0.273 e. The van der Waals surface area contributed by atoms with E-state index in [-0.39, 0.29) is 24.8 Å². The van der Waals surface area contributed by atoms with Crippen LogP contribution in [-0.2, 0) is 0 Å². The number of nitrogens with one attached hydrogen (secondary N) is 1. The number of methoxy groups -OCH3 is 2. The molecule has 8 heteroatoms. The third-order valence-electron chi connectivity index (χ3n) is 5.09. The van der Waals surface area contributed by atoms with E-state index in [1.54, 1.807) is 55.5 Å². The molecule has 29 heavy (non-hydrogen) atoms. The van der Waals surface area contributed by atoms with Gasteiger partial charge in [-0.2, -0.15) is 5.10 Å². The summed E-state index contributed by atoms with van der Waals surface area (Å²) in [4.78, 5) is 14.6. The molecule has 0 saturated heterocycles. The van der Waals surface area contributed by atoms with E-state index in [9.17, 15) is 15.0 Å². The first-order valence-electron chi connectivity index (χ1n) is 9.11. The van der Waals surface area contributed by atoms with E-state index in [2.05, 4.69) is 10.2 Å². The summed E-state index contributed by atoms with van der Waals surface area (Å²) in [6.45, 7) is -0.0280. The number of β-amino-alcohol motifs (C(OH)–C–C–N with tert-alkyl or cyclic N) is 1. The summed E-state index contributed by atoms with van der Waals surface area (Å²) < 4.78 is 10.7. The second-order valence-electron chi connectivity index (χ2n) is 6.62. The van der Waals surface area contributed by atoms with Crippen molar-refractivity contribution >= 4 is 5.91 Å². The van der Waals surface area contributed by atoms with Gasteiger partial charge in [-0.1, -0.05) is 18.2 Å². The number of hydrogen-bond donors (Lipinski definition) is 3. The molecule has 150 valence electrons. The van der Waals surface area contributed by atoms with Crippen LogP contribution in [0.3, 0.4) is 0 Å². The maximum atomic E-state index is 13.0. The number of fused-ring (bicyclic) bond motifs is 1. The number of ether oxygens (including phenoxy) is 2. The standard InChI is InChI=1S/C21H21N3O5/c1-28-15-8-7-12(11-16(15)29-2)20-17-18(13-5-3-4-6-14(13)26)22-23-19(17)21(27)24(20)9-10-25/h3-8,11,20,25-26H,9-10H2,1-2H3,(H,22,23)/t20-/m0/s1. The van der Waals surface area contributed by atoms with Crippen LogP contribution in [0.15, 0.2) is 42.5 Å². The van der Waals surface area contributed by atoms with Crippen molar-refractivity contribution in [3.8, 4) is 28.5 Å². The molecule has 1 atom stereocenters. The van der Waals surface area contributed by atoms with Gasteiger partial charge in [0.15, 0.2) is 11.5 Å². The second kappa shape index (κ2) is 7.48. The normalized spacial score (nSPS) is 15.5. The third kappa shape index (κ3) is 2.98. The fourth-order valence-electron chi connectivity index (χ4n) is 3.78. The first kappa shape index (κ1) is 18.8. The van der Waals surface area contributed by atoms with E-state index < -0.39 is 6.04 Å². The first-order chi connectivity index (χ1) is 14.1. The van der Waals surface area contributed by atoms with Crippen LogP contribution in [0, 0.1) is 0 Å². The Labute approximate surface area is 167 Å². The number of aliphatic hydroxyl groups excluding tert-OH is 1. The molecule has 3 aromatic rings. The van der Waals surface area contributed by atoms with Gasteiger partial charge >= 0.3 is 0 Å². The minimum atomic E-state index is -0.502. The van der Waals surface area contributed by atoms with Crippen molar-refractivity contribution in [1.29, 1.82) is 0 Å². The highest BCUT2D eigenvalue weighted by Gasteiger charge is 2.42. The van der Waals surface area contributed by atoms with Gasteiger partial charge in [0.25, 0.3) is 5.91 Å². The Bertz CT molecular complexity index is 1060. The smallest absolute Gasteiger partial charge is 0.273 e. The molecule has 4 rings (SSSR count). The molecule has 0 fully saturated rings. The minimum absolute atomic E-state index is 0.0703. The van der Waals surface area contributed by atoms with Crippen LogP contribution < -0.4 is 9.47 Å². The van der Waals surface area contributed by atoms with Crippen LogP contribution in [0.4, 0.5) is 0 Å². The predicted octanol–water partition coefficient (Wildman–Crippen LogP) is 2.34. The fraction of sp³-hybridized carbons (Fsp3) is 0.238. The Balaban J connectivity index is 1.91. The lowest BCUT2D eigenvalue weighted by Crippen LogP contribution is -2.32. The number of H-pyrrole nitrogens is 1. The van der Waals surface area contributed by atoms with Crippen LogP contribution in [0.25, 0.3) is 11.3 Å². The summed E-state index contributed by atoms with van der Waals surface area (Å²) in [6.07, 6.45) is 0. The Morgan fingerprint density at radius 1 is 1.14 bits per heavy atom. The molecule has 2 heterocycles. The molecule has 0 saturated carbocycles. The molecular weight excluding hydrogens is 374 g/mol. The largest absolute Gasteiger partial charge is 0.507 e. The van der Waals surface area contributed by atoms with Crippen molar-refractivity contribution in [2.24, 2.45) is 0 Å². The van der Waals surface area contributed by atoms with Gasteiger partial charge in [0.05, 0.1) is 26.9 Å². The van der Waals surface area contributed by atoms with E-state index in [4.69, 9.17) is 9.47 Å². The number of carbonyl (C=O) groups excluding carboxylic acids is 1. The van der Waals surface area contributed by atoms with Gasteiger partial charge in [-0.25, -0.2) is 0 Å². The van der Waals surface area contributed by atoms with Crippen LogP contribution in [-0.4, -0.2) is 58.6 Å². The Morgan fingerprint density at radius 2 is 1.90 bits per heavy atom. The van der Waals surface area contributed by atoms with Crippen LogP contribution in [0.2, 0.25) is 0 Å². The second-order valence-corrected chi connectivity index (χ2v) is 6.62. The highest BCUT2D eigenvalue weighted by Crippen LogP contribution is 2.45. The summed E-state index contributed by atoms with van der Waals surface area (Å²) in [5, 5.41) is 27.0. The van der Waals surface area contributed by atoms with Gasteiger partial charge in [-0.15, -0.1) is 0 Å². The van der Waals surface area contributed by atoms with Gasteiger partial charge in [0.1, 0.15) is 17.1 Å². The van der Waals surface area contributed by atoms with Gasteiger partial charge in [0.2, 0.25) is 0 Å². The SMILES string of the molecule is COc1ccc([C@H]2c3c(-c4ccccc4O)n[nH]c3C(=O)N2CCO)cc1OC. The highest BCUT2D eigenvalue weighted by molar-refractivity contribution is 6.00. The number of benzene rings is 2. The predicted molar refractivity (Wildman–Crippen MR) is 105 cm³/mol. The zero-order valence-corrected chi connectivity index (χ0v) is 16.0. The molecule has 1 aliphatic rings. The summed E-state index contributed by atoms with van der Waals surface area (Å²) in [5.41, 5.74) is 2.79. The number of amides is 1. The van der Waals surface area contributed by atoms with Crippen molar-refractivity contribution in [1.82, 2.24) is 15.1 Å². The number of aromatic hydroxyl groups is 1. The van der Waals surface area contributed by atoms with E-state index in [1.165, 1.54) is 0 Å². The van der Waals surface area contributed by atoms with E-state index >= 15 is 0 Å². The van der Waals surface area contributed by atoms with Gasteiger partial charge in [0, 0.05) is 17.7 Å². The van der Waals surface area contributed by atoms with Gasteiger partial charge < -0.3 is 24.6 Å². The lowest BCUT2D eigenvalue weighted by molar-refractivity contribution is 0.0706. The number of aromatic nitrogens is 2. The molecule has 0 bridgehead atoms. The number of carbonyl (C=O) groups is 1. The molecule has 0 aliphatic carbocycles. The van der Waals surface area contributed by atoms with Crippen molar-refractivity contribution in [3.05, 3.63) is 59.3 Å². The first-order valence-corrected chi connectivity index (χ1v) is 9.11. The number of phenols is 1. The minimum Gasteiger partial charge on any atom is -0.507 e. The number of nitrogens with zero attached hydrogens (tertiary/aromatic N) is 2. The number of rotatable bonds is 6. The van der Waals surface area contributed by atoms with E-state index in [0.29, 0.717) is 34.0 Å². The molecule has 1 aliphatic heterocycles. The molecule has 1 amide bonds. The molecule has 8 nitrogen and oxygen atoms in total. The van der Waals surface area contributed by atoms with E-state index in [1.807, 2.05) is 6.07 Å². The quantitative estimate of drug-likeness (QED) is 0.591. The molecule has 1 aromatic heterocycles. The molecule has 0 unspecified atom stereocenters. The molecular formula is C21H21N3O5. The number of aliphatic hydroxyl groups is 1. The van der Waals surface area contributed by atoms with Crippen molar-refractivity contribution in [2.75, 3.05) is 27.4 Å². The molecule has 3 N–H and O–H groups in total. The summed E-state index contributed by atoms with van der Waals surface area (Å²) in [5.74, 6) is 0.911. The number of para-hydroxylation sites is 1. The lowest BCUT2D eigenvalue weighted by atomic mass is 9.95. The molecule has 2 aromatic carbocycles. The van der Waals surface area contributed by atoms with Crippen LogP contribution in [0.1, 0.15) is 27.7 Å². The van der Waals surface area contributed by atoms with E-state index in [0.717, 1.165) is 5.56 Å². The average molecular weight is 395 g/mol. The van der Waals surface area contributed by atoms with Gasteiger partial charge in [-0.05, 0) is 29.8 Å². The maximum absolute atomic E-state index is 13.0. The van der Waals surface area contributed by atoms with Gasteiger partial charge in [-0.3, -0.25) is 9.89 Å². The Kier molecular flexibility index (Phi) is 4.85. The summed E-state index contributed by atoms with van der Waals surface area (Å²) >= 11 is 0. The van der Waals surface area contributed by atoms with Crippen LogP contribution in [0.5, 0.6) is 17.2 Å². The third-order valence-corrected chi connectivity index (χ3v) is 5.09. The number of hydrogen-bond acceptors (Lipinski definition) is 6. The van der Waals surface area contributed by atoms with Crippen molar-refractivity contribution in [2.45, 2.75) is 6.04 Å².